The van der Waals surface area contributed by atoms with Crippen molar-refractivity contribution in [1.29, 1.82) is 0 Å². The lowest BCUT2D eigenvalue weighted by Crippen LogP contribution is -2.52. The molecule has 2 aliphatic rings. The number of ether oxygens (including phenoxy) is 1. The van der Waals surface area contributed by atoms with E-state index in [2.05, 4.69) is 20.8 Å². The Balaban J connectivity index is 2.12. The summed E-state index contributed by atoms with van der Waals surface area (Å²) in [5.41, 5.74) is -0.619. The highest BCUT2D eigenvalue weighted by Gasteiger charge is 2.47. The molecule has 3 atom stereocenters. The summed E-state index contributed by atoms with van der Waals surface area (Å²) >= 11 is 0. The Bertz CT molecular complexity index is 262. The molecule has 1 aliphatic heterocycles. The maximum atomic E-state index is 11.1. The Labute approximate surface area is 106 Å². The van der Waals surface area contributed by atoms with Crippen LogP contribution in [0.1, 0.15) is 65.7 Å². The van der Waals surface area contributed by atoms with Crippen LogP contribution in [-0.4, -0.2) is 22.9 Å². The molecule has 17 heavy (non-hydrogen) atoms. The Morgan fingerprint density at radius 1 is 1.24 bits per heavy atom. The smallest absolute Gasteiger partial charge is 0.0727 e. The monoisotopic (exact) mass is 240 g/mol. The first-order chi connectivity index (χ1) is 7.97. The molecule has 0 aromatic heterocycles. The van der Waals surface area contributed by atoms with Gasteiger partial charge < -0.3 is 9.84 Å². The van der Waals surface area contributed by atoms with Crippen LogP contribution in [-0.2, 0) is 4.74 Å². The lowest BCUT2D eigenvalue weighted by Gasteiger charge is -2.49. The van der Waals surface area contributed by atoms with Crippen LogP contribution < -0.4 is 0 Å². The van der Waals surface area contributed by atoms with Gasteiger partial charge in [-0.2, -0.15) is 0 Å². The highest BCUT2D eigenvalue weighted by Crippen LogP contribution is 2.46. The zero-order valence-corrected chi connectivity index (χ0v) is 11.7. The Kier molecular flexibility index (Phi) is 3.84. The third-order valence-corrected chi connectivity index (χ3v) is 4.88. The van der Waals surface area contributed by atoms with Crippen molar-refractivity contribution in [3.63, 3.8) is 0 Å². The normalized spacial score (nSPS) is 42.4. The Morgan fingerprint density at radius 3 is 2.59 bits per heavy atom. The quantitative estimate of drug-likeness (QED) is 0.800. The SMILES string of the molecule is CCC1CCCCC1C1(O)CCOC(C)(C)C1. The van der Waals surface area contributed by atoms with Crippen molar-refractivity contribution in [2.24, 2.45) is 11.8 Å². The summed E-state index contributed by atoms with van der Waals surface area (Å²) in [6.45, 7) is 7.22. The summed E-state index contributed by atoms with van der Waals surface area (Å²) < 4.78 is 5.76. The van der Waals surface area contributed by atoms with Crippen molar-refractivity contribution < 1.29 is 9.84 Å². The van der Waals surface area contributed by atoms with E-state index >= 15 is 0 Å². The van der Waals surface area contributed by atoms with Crippen molar-refractivity contribution in [3.05, 3.63) is 0 Å². The van der Waals surface area contributed by atoms with Gasteiger partial charge in [-0.1, -0.05) is 32.6 Å². The summed E-state index contributed by atoms with van der Waals surface area (Å²) in [5.74, 6) is 1.23. The lowest BCUT2D eigenvalue weighted by atomic mass is 9.64. The average Bonchev–Trinajstić information content (AvgIpc) is 2.27. The molecule has 100 valence electrons. The minimum atomic E-state index is -0.469. The van der Waals surface area contributed by atoms with Crippen LogP contribution in [0.5, 0.6) is 0 Å². The molecular formula is C15H28O2. The van der Waals surface area contributed by atoms with Crippen LogP contribution in [0.25, 0.3) is 0 Å². The first kappa shape index (κ1) is 13.4. The summed E-state index contributed by atoms with van der Waals surface area (Å²) in [5, 5.41) is 11.1. The van der Waals surface area contributed by atoms with Gasteiger partial charge in [0, 0.05) is 6.42 Å². The van der Waals surface area contributed by atoms with Gasteiger partial charge in [0.05, 0.1) is 17.8 Å². The zero-order valence-electron chi connectivity index (χ0n) is 11.7. The molecule has 3 unspecified atom stereocenters. The standard InChI is InChI=1S/C15H28O2/c1-4-12-7-5-6-8-13(12)15(16)9-10-17-14(2,3)11-15/h12-13,16H,4-11H2,1-3H3. The van der Waals surface area contributed by atoms with E-state index in [1.54, 1.807) is 0 Å². The lowest BCUT2D eigenvalue weighted by molar-refractivity contribution is -0.178. The van der Waals surface area contributed by atoms with Crippen LogP contribution >= 0.6 is 0 Å². The van der Waals surface area contributed by atoms with E-state index in [1.165, 1.54) is 32.1 Å². The van der Waals surface area contributed by atoms with Gasteiger partial charge in [-0.05, 0) is 38.5 Å². The third-order valence-electron chi connectivity index (χ3n) is 4.88. The van der Waals surface area contributed by atoms with Crippen molar-refractivity contribution in [1.82, 2.24) is 0 Å². The van der Waals surface area contributed by atoms with Crippen LogP contribution in [0.15, 0.2) is 0 Å². The number of aliphatic hydroxyl groups is 1. The van der Waals surface area contributed by atoms with Crippen molar-refractivity contribution in [3.8, 4) is 0 Å². The Hall–Kier alpha value is -0.0800. The summed E-state index contributed by atoms with van der Waals surface area (Å²) in [6, 6.07) is 0. The maximum absolute atomic E-state index is 11.1. The molecule has 0 bridgehead atoms. The first-order valence-electron chi connectivity index (χ1n) is 7.33. The van der Waals surface area contributed by atoms with Gasteiger partial charge in [0.1, 0.15) is 0 Å². The second-order valence-electron chi connectivity index (χ2n) is 6.70. The summed E-state index contributed by atoms with van der Waals surface area (Å²) in [6.07, 6.45) is 8.03. The maximum Gasteiger partial charge on any atom is 0.0727 e. The van der Waals surface area contributed by atoms with Crippen molar-refractivity contribution in [2.45, 2.75) is 76.9 Å². The summed E-state index contributed by atoms with van der Waals surface area (Å²) in [4.78, 5) is 0. The van der Waals surface area contributed by atoms with Crippen LogP contribution in [0.4, 0.5) is 0 Å². The second kappa shape index (κ2) is 4.89. The molecular weight excluding hydrogens is 212 g/mol. The molecule has 2 fully saturated rings. The minimum Gasteiger partial charge on any atom is -0.389 e. The molecule has 2 nitrogen and oxygen atoms in total. The molecule has 1 saturated heterocycles. The molecule has 1 saturated carbocycles. The van der Waals surface area contributed by atoms with Crippen LogP contribution in [0, 0.1) is 11.8 Å². The van der Waals surface area contributed by atoms with Gasteiger partial charge in [0.25, 0.3) is 0 Å². The number of rotatable bonds is 2. The van der Waals surface area contributed by atoms with Gasteiger partial charge in [-0.15, -0.1) is 0 Å². The van der Waals surface area contributed by atoms with Gasteiger partial charge in [0.2, 0.25) is 0 Å². The van der Waals surface area contributed by atoms with Gasteiger partial charge in [-0.25, -0.2) is 0 Å². The highest BCUT2D eigenvalue weighted by atomic mass is 16.5. The molecule has 0 aromatic carbocycles. The molecule has 0 spiro atoms. The van der Waals surface area contributed by atoms with Crippen molar-refractivity contribution in [2.75, 3.05) is 6.61 Å². The molecule has 0 amide bonds. The predicted octanol–water partition coefficient (Wildman–Crippen LogP) is 3.52. The van der Waals surface area contributed by atoms with E-state index in [4.69, 9.17) is 4.74 Å². The number of hydrogen-bond acceptors (Lipinski definition) is 2. The first-order valence-corrected chi connectivity index (χ1v) is 7.33. The van der Waals surface area contributed by atoms with Crippen LogP contribution in [0.3, 0.4) is 0 Å². The Morgan fingerprint density at radius 2 is 1.94 bits per heavy atom. The fourth-order valence-corrected chi connectivity index (χ4v) is 4.10. The van der Waals surface area contributed by atoms with E-state index in [0.717, 1.165) is 25.4 Å². The third kappa shape index (κ3) is 2.85. The molecule has 0 radical (unpaired) electrons. The molecule has 1 N–H and O–H groups in total. The second-order valence-corrected chi connectivity index (χ2v) is 6.70. The number of hydrogen-bond donors (Lipinski definition) is 1. The predicted molar refractivity (Wildman–Crippen MR) is 70.0 cm³/mol. The molecule has 2 rings (SSSR count). The van der Waals surface area contributed by atoms with Crippen molar-refractivity contribution >= 4 is 0 Å². The largest absolute Gasteiger partial charge is 0.389 e. The van der Waals surface area contributed by atoms with Gasteiger partial charge in [0.15, 0.2) is 0 Å². The minimum absolute atomic E-state index is 0.150. The topological polar surface area (TPSA) is 29.5 Å². The highest BCUT2D eigenvalue weighted by molar-refractivity contribution is 4.98. The molecule has 1 heterocycles. The van der Waals surface area contributed by atoms with E-state index in [1.807, 2.05) is 0 Å². The van der Waals surface area contributed by atoms with Gasteiger partial charge in [-0.3, -0.25) is 0 Å². The average molecular weight is 240 g/mol. The molecule has 0 aromatic rings. The fraction of sp³-hybridized carbons (Fsp3) is 1.00. The van der Waals surface area contributed by atoms with Gasteiger partial charge >= 0.3 is 0 Å². The van der Waals surface area contributed by atoms with E-state index in [9.17, 15) is 5.11 Å². The molecule has 2 heteroatoms. The van der Waals surface area contributed by atoms with E-state index in [0.29, 0.717) is 5.92 Å². The fourth-order valence-electron chi connectivity index (χ4n) is 4.10. The van der Waals surface area contributed by atoms with E-state index in [-0.39, 0.29) is 5.60 Å². The zero-order chi connectivity index (χ0) is 12.5. The van der Waals surface area contributed by atoms with E-state index < -0.39 is 5.60 Å². The summed E-state index contributed by atoms with van der Waals surface area (Å²) in [7, 11) is 0. The van der Waals surface area contributed by atoms with Crippen LogP contribution in [0.2, 0.25) is 0 Å². The molecule has 1 aliphatic carbocycles.